The summed E-state index contributed by atoms with van der Waals surface area (Å²) >= 11 is 4.17. The quantitative estimate of drug-likeness (QED) is 0.246. The first-order valence-corrected chi connectivity index (χ1v) is 9.00. The molecule has 138 valence electrons. The van der Waals surface area contributed by atoms with Crippen LogP contribution in [0.2, 0.25) is 0 Å². The molecular formula is C16H11BrN4O5S. The number of nitro groups is 1. The van der Waals surface area contributed by atoms with Crippen LogP contribution in [0.5, 0.6) is 0 Å². The highest BCUT2D eigenvalue weighted by molar-refractivity contribution is 9.10. The van der Waals surface area contributed by atoms with Crippen molar-refractivity contribution >= 4 is 45.4 Å². The molecule has 0 aliphatic rings. The van der Waals surface area contributed by atoms with Crippen molar-refractivity contribution in [2.24, 2.45) is 0 Å². The second kappa shape index (κ2) is 7.76. The third kappa shape index (κ3) is 4.44. The summed E-state index contributed by atoms with van der Waals surface area (Å²) in [5, 5.41) is 27.0. The lowest BCUT2D eigenvalue weighted by atomic mass is 10.1. The van der Waals surface area contributed by atoms with Crippen molar-refractivity contribution in [3.05, 3.63) is 61.4 Å². The molecule has 0 saturated carbocycles. The van der Waals surface area contributed by atoms with Gasteiger partial charge in [-0.05, 0) is 52.8 Å². The lowest BCUT2D eigenvalue weighted by molar-refractivity contribution is -0.384. The Balaban J connectivity index is 1.88. The van der Waals surface area contributed by atoms with Crippen LogP contribution in [0, 0.1) is 17.0 Å². The van der Waals surface area contributed by atoms with Crippen LogP contribution >= 0.6 is 27.7 Å². The van der Waals surface area contributed by atoms with Crippen molar-refractivity contribution in [1.29, 1.82) is 0 Å². The molecule has 11 heteroatoms. The largest absolute Gasteiger partial charge is 0.477 e. The predicted octanol–water partition coefficient (Wildman–Crippen LogP) is 4.26. The molecule has 0 saturated heterocycles. The van der Waals surface area contributed by atoms with Crippen LogP contribution in [0.1, 0.15) is 11.6 Å². The maximum atomic E-state index is 11.5. The SMILES string of the molecule is Cc1nc(S/C(=C\c2ccc(-c3ccc([N+](=O)[O-])cc3Br)o2)C(=O)O)n[nH]1. The van der Waals surface area contributed by atoms with Gasteiger partial charge < -0.3 is 9.52 Å². The van der Waals surface area contributed by atoms with E-state index in [1.807, 2.05) is 0 Å². The number of carbonyl (C=O) groups is 1. The van der Waals surface area contributed by atoms with Crippen LogP contribution in [0.25, 0.3) is 17.4 Å². The highest BCUT2D eigenvalue weighted by Crippen LogP contribution is 2.34. The standard InChI is InChI=1S/C16H11BrN4O5S/c1-8-18-16(20-19-8)27-14(15(22)23)7-10-3-5-13(26-10)11-4-2-9(21(24)25)6-12(11)17/h2-7H,1H3,(H,22,23)(H,18,19,20)/b14-7-. The Morgan fingerprint density at radius 2 is 2.19 bits per heavy atom. The molecule has 0 fully saturated rings. The van der Waals surface area contributed by atoms with Gasteiger partial charge in [0.2, 0.25) is 5.16 Å². The molecule has 2 aromatic heterocycles. The first kappa shape index (κ1) is 18.9. The Morgan fingerprint density at radius 1 is 1.41 bits per heavy atom. The van der Waals surface area contributed by atoms with E-state index in [-0.39, 0.29) is 15.7 Å². The van der Waals surface area contributed by atoms with Gasteiger partial charge in [0.25, 0.3) is 5.69 Å². The summed E-state index contributed by atoms with van der Waals surface area (Å²) in [6, 6.07) is 7.55. The molecular weight excluding hydrogens is 440 g/mol. The number of thioether (sulfide) groups is 1. The fourth-order valence-electron chi connectivity index (χ4n) is 2.12. The summed E-state index contributed by atoms with van der Waals surface area (Å²) in [4.78, 5) is 25.9. The van der Waals surface area contributed by atoms with Crippen molar-refractivity contribution < 1.29 is 19.2 Å². The third-order valence-corrected chi connectivity index (χ3v) is 4.85. The topological polar surface area (TPSA) is 135 Å². The number of aryl methyl sites for hydroxylation is 1. The maximum Gasteiger partial charge on any atom is 0.342 e. The van der Waals surface area contributed by atoms with E-state index in [1.54, 1.807) is 25.1 Å². The Morgan fingerprint density at radius 3 is 2.78 bits per heavy atom. The number of aromatic amines is 1. The van der Waals surface area contributed by atoms with E-state index in [0.29, 0.717) is 27.4 Å². The fourth-order valence-corrected chi connectivity index (χ4v) is 3.42. The molecule has 0 unspecified atom stereocenters. The van der Waals surface area contributed by atoms with Crippen LogP contribution in [0.15, 0.2) is 49.3 Å². The first-order chi connectivity index (χ1) is 12.8. The number of carboxylic acid groups (broad SMARTS) is 1. The van der Waals surface area contributed by atoms with Gasteiger partial charge in [-0.1, -0.05) is 0 Å². The third-order valence-electron chi connectivity index (χ3n) is 3.32. The Kier molecular flexibility index (Phi) is 5.42. The second-order valence-electron chi connectivity index (χ2n) is 5.24. The van der Waals surface area contributed by atoms with Gasteiger partial charge in [-0.2, -0.15) is 0 Å². The summed E-state index contributed by atoms with van der Waals surface area (Å²) in [7, 11) is 0. The van der Waals surface area contributed by atoms with Gasteiger partial charge in [0.1, 0.15) is 22.3 Å². The zero-order chi connectivity index (χ0) is 19.6. The minimum absolute atomic E-state index is 0.0161. The Bertz CT molecular complexity index is 1060. The van der Waals surface area contributed by atoms with E-state index >= 15 is 0 Å². The molecule has 0 amide bonds. The van der Waals surface area contributed by atoms with Crippen LogP contribution in [0.3, 0.4) is 0 Å². The van der Waals surface area contributed by atoms with E-state index in [9.17, 15) is 20.0 Å². The molecule has 2 N–H and O–H groups in total. The number of benzene rings is 1. The summed E-state index contributed by atoms with van der Waals surface area (Å²) < 4.78 is 6.16. The number of non-ortho nitro benzene ring substituents is 1. The lowest BCUT2D eigenvalue weighted by Gasteiger charge is -2.01. The molecule has 27 heavy (non-hydrogen) atoms. The normalized spacial score (nSPS) is 11.6. The van der Waals surface area contributed by atoms with Crippen molar-refractivity contribution in [1.82, 2.24) is 15.2 Å². The molecule has 0 aliphatic carbocycles. The molecule has 0 bridgehead atoms. The van der Waals surface area contributed by atoms with Gasteiger partial charge in [-0.25, -0.2) is 9.78 Å². The number of H-pyrrole nitrogens is 1. The maximum absolute atomic E-state index is 11.5. The molecule has 1 aromatic carbocycles. The first-order valence-electron chi connectivity index (χ1n) is 7.39. The number of hydrogen-bond donors (Lipinski definition) is 2. The van der Waals surface area contributed by atoms with E-state index in [4.69, 9.17) is 4.42 Å². The molecule has 0 radical (unpaired) electrons. The van der Waals surface area contributed by atoms with Gasteiger partial charge in [0.05, 0.1) is 4.92 Å². The smallest absolute Gasteiger partial charge is 0.342 e. The highest BCUT2D eigenvalue weighted by Gasteiger charge is 2.16. The van der Waals surface area contributed by atoms with Crippen molar-refractivity contribution in [2.45, 2.75) is 12.1 Å². The number of rotatable bonds is 6. The summed E-state index contributed by atoms with van der Waals surface area (Å²) in [5.41, 5.74) is 0.554. The van der Waals surface area contributed by atoms with E-state index in [0.717, 1.165) is 11.8 Å². The zero-order valence-electron chi connectivity index (χ0n) is 13.7. The van der Waals surface area contributed by atoms with Crippen LogP contribution < -0.4 is 0 Å². The molecule has 3 rings (SSSR count). The monoisotopic (exact) mass is 450 g/mol. The van der Waals surface area contributed by atoms with Gasteiger partial charge in [0, 0.05) is 28.2 Å². The minimum Gasteiger partial charge on any atom is -0.477 e. The number of nitrogens with zero attached hydrogens (tertiary/aromatic N) is 3. The molecule has 3 aromatic rings. The van der Waals surface area contributed by atoms with Gasteiger partial charge >= 0.3 is 5.97 Å². The molecule has 2 heterocycles. The lowest BCUT2D eigenvalue weighted by Crippen LogP contribution is -1.97. The van der Waals surface area contributed by atoms with Crippen LogP contribution in [-0.2, 0) is 4.79 Å². The van der Waals surface area contributed by atoms with E-state index < -0.39 is 10.9 Å². The van der Waals surface area contributed by atoms with Gasteiger partial charge in [0.15, 0.2) is 0 Å². The summed E-state index contributed by atoms with van der Waals surface area (Å²) in [5.74, 6) is 0.182. The number of carboxylic acids is 1. The van der Waals surface area contributed by atoms with Crippen molar-refractivity contribution in [3.63, 3.8) is 0 Å². The van der Waals surface area contributed by atoms with Gasteiger partial charge in [-0.15, -0.1) is 5.10 Å². The molecule has 0 aliphatic heterocycles. The van der Waals surface area contributed by atoms with Crippen LogP contribution in [0.4, 0.5) is 5.69 Å². The number of furan rings is 1. The number of aromatic nitrogens is 3. The van der Waals surface area contributed by atoms with Crippen molar-refractivity contribution in [3.8, 4) is 11.3 Å². The van der Waals surface area contributed by atoms with Crippen LogP contribution in [-0.4, -0.2) is 31.2 Å². The fraction of sp³-hybridized carbons (Fsp3) is 0.0625. The molecule has 0 atom stereocenters. The zero-order valence-corrected chi connectivity index (χ0v) is 16.1. The van der Waals surface area contributed by atoms with E-state index in [1.165, 1.54) is 18.2 Å². The number of nitrogens with one attached hydrogen (secondary N) is 1. The average Bonchev–Trinajstić information content (AvgIpc) is 3.23. The van der Waals surface area contributed by atoms with E-state index in [2.05, 4.69) is 31.1 Å². The summed E-state index contributed by atoms with van der Waals surface area (Å²) in [6.07, 6.45) is 1.36. The Labute approximate surface area is 164 Å². The number of nitro benzene ring substituents is 1. The van der Waals surface area contributed by atoms with Gasteiger partial charge in [-0.3, -0.25) is 15.2 Å². The second-order valence-corrected chi connectivity index (χ2v) is 7.11. The minimum atomic E-state index is -1.14. The number of aliphatic carboxylic acids is 1. The van der Waals surface area contributed by atoms with Crippen molar-refractivity contribution in [2.75, 3.05) is 0 Å². The number of hydrogen-bond acceptors (Lipinski definition) is 7. The Hall–Kier alpha value is -2.92. The predicted molar refractivity (Wildman–Crippen MR) is 101 cm³/mol. The molecule has 9 nitrogen and oxygen atoms in total. The average molecular weight is 451 g/mol. The number of halogens is 1. The summed E-state index contributed by atoms with van der Waals surface area (Å²) in [6.45, 7) is 1.71. The highest BCUT2D eigenvalue weighted by atomic mass is 79.9. The molecule has 0 spiro atoms.